The number of nitrogens with zero attached hydrogens (tertiary/aromatic N) is 4. The molecule has 0 spiro atoms. The molecule has 0 aliphatic rings. The van der Waals surface area contributed by atoms with E-state index in [1.54, 1.807) is 37.3 Å². The maximum absolute atomic E-state index is 12.3. The van der Waals surface area contributed by atoms with Crippen molar-refractivity contribution >= 4 is 34.8 Å². The number of methoxy groups -OCH3 is 1. The highest BCUT2D eigenvalue weighted by molar-refractivity contribution is 6.42. The van der Waals surface area contributed by atoms with Crippen molar-refractivity contribution in [2.45, 2.75) is 19.5 Å². The molecule has 0 unspecified atom stereocenters. The summed E-state index contributed by atoms with van der Waals surface area (Å²) >= 11 is 11.9. The highest BCUT2D eigenvalue weighted by Crippen LogP contribution is 2.25. The fraction of sp³-hybridized carbons (Fsp3) is 0.250. The van der Waals surface area contributed by atoms with Gasteiger partial charge in [0.1, 0.15) is 6.54 Å². The molecule has 0 aliphatic heterocycles. The zero-order chi connectivity index (χ0) is 18.8. The van der Waals surface area contributed by atoms with E-state index in [2.05, 4.69) is 15.5 Å². The summed E-state index contributed by atoms with van der Waals surface area (Å²) in [6.45, 7) is 1.56. The summed E-state index contributed by atoms with van der Waals surface area (Å²) in [5.74, 6) is -0.0992. The van der Waals surface area contributed by atoms with Crippen LogP contribution < -0.4 is 15.7 Å². The van der Waals surface area contributed by atoms with Crippen LogP contribution in [0.25, 0.3) is 5.65 Å². The van der Waals surface area contributed by atoms with E-state index in [0.717, 1.165) is 14.8 Å². The van der Waals surface area contributed by atoms with Gasteiger partial charge < -0.3 is 10.1 Å². The molecule has 0 saturated carbocycles. The van der Waals surface area contributed by atoms with Crippen molar-refractivity contribution in [3.63, 3.8) is 0 Å². The summed E-state index contributed by atoms with van der Waals surface area (Å²) < 4.78 is 7.10. The number of carbonyl (C=O) groups is 1. The standard InChI is InChI=1S/C16H15Cl2N5O3/c1-9(10-3-4-11(17)12(18)7-10)19-14(24)8-22-16(25)23-13(20-22)5-6-15(21-23)26-2/h3-7,9H,8H2,1-2H3,(H,19,24)/t9-/m0/s1. The van der Waals surface area contributed by atoms with Crippen LogP contribution in [-0.2, 0) is 11.3 Å². The Hall–Kier alpha value is -2.58. The van der Waals surface area contributed by atoms with E-state index in [-0.39, 0.29) is 24.4 Å². The minimum absolute atomic E-state index is 0.240. The maximum atomic E-state index is 12.3. The Kier molecular flexibility index (Phi) is 5.15. The van der Waals surface area contributed by atoms with Gasteiger partial charge in [-0.3, -0.25) is 4.79 Å². The quantitative estimate of drug-likeness (QED) is 0.713. The molecule has 1 atom stereocenters. The average molecular weight is 396 g/mol. The molecule has 0 saturated heterocycles. The van der Waals surface area contributed by atoms with Crippen LogP contribution in [0.4, 0.5) is 0 Å². The third kappa shape index (κ3) is 3.66. The van der Waals surface area contributed by atoms with Gasteiger partial charge in [0.2, 0.25) is 11.8 Å². The minimum Gasteiger partial charge on any atom is -0.480 e. The molecule has 1 amide bonds. The molecule has 0 bridgehead atoms. The highest BCUT2D eigenvalue weighted by atomic mass is 35.5. The second kappa shape index (κ2) is 7.35. The van der Waals surface area contributed by atoms with E-state index in [4.69, 9.17) is 27.9 Å². The molecule has 0 radical (unpaired) electrons. The molecule has 1 aromatic carbocycles. The predicted molar refractivity (Wildman–Crippen MR) is 96.8 cm³/mol. The third-order valence-corrected chi connectivity index (χ3v) is 4.48. The molecule has 10 heteroatoms. The van der Waals surface area contributed by atoms with Crippen LogP contribution >= 0.6 is 23.2 Å². The summed E-state index contributed by atoms with van der Waals surface area (Å²) in [5.41, 5.74) is 0.582. The van der Waals surface area contributed by atoms with Crippen molar-refractivity contribution in [2.75, 3.05) is 7.11 Å². The first kappa shape index (κ1) is 18.2. The van der Waals surface area contributed by atoms with Crippen molar-refractivity contribution in [3.05, 3.63) is 56.4 Å². The van der Waals surface area contributed by atoms with Gasteiger partial charge in [-0.15, -0.1) is 10.2 Å². The fourth-order valence-corrected chi connectivity index (χ4v) is 2.70. The zero-order valence-electron chi connectivity index (χ0n) is 13.9. The van der Waals surface area contributed by atoms with E-state index in [1.807, 2.05) is 0 Å². The second-order valence-corrected chi connectivity index (χ2v) is 6.36. The van der Waals surface area contributed by atoms with Crippen LogP contribution in [0.2, 0.25) is 10.0 Å². The lowest BCUT2D eigenvalue weighted by molar-refractivity contribution is -0.122. The van der Waals surface area contributed by atoms with E-state index < -0.39 is 5.69 Å². The molecule has 1 N–H and O–H groups in total. The Labute approximate surface area is 158 Å². The van der Waals surface area contributed by atoms with Gasteiger partial charge in [-0.2, -0.15) is 4.52 Å². The van der Waals surface area contributed by atoms with Crippen LogP contribution in [0, 0.1) is 0 Å². The summed E-state index contributed by atoms with van der Waals surface area (Å²) in [5, 5.41) is 11.7. The van der Waals surface area contributed by atoms with Gasteiger partial charge in [0.15, 0.2) is 5.65 Å². The first-order valence-corrected chi connectivity index (χ1v) is 8.40. The van der Waals surface area contributed by atoms with Crippen LogP contribution in [0.3, 0.4) is 0 Å². The number of benzene rings is 1. The smallest absolute Gasteiger partial charge is 0.367 e. The molecular weight excluding hydrogens is 381 g/mol. The molecule has 136 valence electrons. The number of halogens is 2. The number of carbonyl (C=O) groups excluding carboxylic acids is 1. The Balaban J connectivity index is 1.75. The predicted octanol–water partition coefficient (Wildman–Crippen LogP) is 2.08. The van der Waals surface area contributed by atoms with Gasteiger partial charge in [-0.05, 0) is 30.7 Å². The van der Waals surface area contributed by atoms with Gasteiger partial charge in [-0.25, -0.2) is 9.48 Å². The second-order valence-electron chi connectivity index (χ2n) is 5.55. The molecule has 26 heavy (non-hydrogen) atoms. The Morgan fingerprint density at radius 3 is 2.69 bits per heavy atom. The summed E-state index contributed by atoms with van der Waals surface area (Å²) in [6.07, 6.45) is 0. The maximum Gasteiger partial charge on any atom is 0.367 e. The minimum atomic E-state index is -0.531. The third-order valence-electron chi connectivity index (χ3n) is 3.74. The Morgan fingerprint density at radius 2 is 2.00 bits per heavy atom. The van der Waals surface area contributed by atoms with Crippen molar-refractivity contribution < 1.29 is 9.53 Å². The van der Waals surface area contributed by atoms with Crippen LogP contribution in [0.1, 0.15) is 18.5 Å². The molecule has 0 aliphatic carbocycles. The molecule has 3 rings (SSSR count). The van der Waals surface area contributed by atoms with Gasteiger partial charge in [0.25, 0.3) is 0 Å². The largest absolute Gasteiger partial charge is 0.480 e. The lowest BCUT2D eigenvalue weighted by atomic mass is 10.1. The summed E-state index contributed by atoms with van der Waals surface area (Å²) in [7, 11) is 1.45. The van der Waals surface area contributed by atoms with E-state index in [9.17, 15) is 9.59 Å². The van der Waals surface area contributed by atoms with Crippen LogP contribution in [0.5, 0.6) is 5.88 Å². The first-order chi connectivity index (χ1) is 12.4. The molecule has 0 fully saturated rings. The number of aromatic nitrogens is 4. The van der Waals surface area contributed by atoms with E-state index in [1.165, 1.54) is 7.11 Å². The number of fused-ring (bicyclic) bond motifs is 1. The van der Waals surface area contributed by atoms with Crippen molar-refractivity contribution in [3.8, 4) is 5.88 Å². The average Bonchev–Trinajstić information content (AvgIpc) is 2.92. The highest BCUT2D eigenvalue weighted by Gasteiger charge is 2.15. The number of hydrogen-bond donors (Lipinski definition) is 1. The number of nitrogens with one attached hydrogen (secondary N) is 1. The van der Waals surface area contributed by atoms with Crippen molar-refractivity contribution in [1.29, 1.82) is 0 Å². The molecule has 8 nitrogen and oxygen atoms in total. The Bertz CT molecular complexity index is 1030. The van der Waals surface area contributed by atoms with E-state index >= 15 is 0 Å². The normalized spacial score (nSPS) is 12.2. The van der Waals surface area contributed by atoms with E-state index in [0.29, 0.717) is 15.7 Å². The van der Waals surface area contributed by atoms with Gasteiger partial charge in [0, 0.05) is 6.07 Å². The zero-order valence-corrected chi connectivity index (χ0v) is 15.5. The summed E-state index contributed by atoms with van der Waals surface area (Å²) in [4.78, 5) is 24.6. The first-order valence-electron chi connectivity index (χ1n) is 7.64. The lowest BCUT2D eigenvalue weighted by Gasteiger charge is -2.14. The summed E-state index contributed by atoms with van der Waals surface area (Å²) in [6, 6.07) is 7.96. The number of ether oxygens (including phenoxy) is 1. The van der Waals surface area contributed by atoms with Gasteiger partial charge in [0.05, 0.1) is 23.2 Å². The number of amides is 1. The monoisotopic (exact) mass is 395 g/mol. The Morgan fingerprint density at radius 1 is 1.23 bits per heavy atom. The van der Waals surface area contributed by atoms with Crippen molar-refractivity contribution in [1.82, 2.24) is 24.7 Å². The SMILES string of the molecule is COc1ccc2nn(CC(=O)N[C@@H](C)c3ccc(Cl)c(Cl)c3)c(=O)n2n1. The lowest BCUT2D eigenvalue weighted by Crippen LogP contribution is -2.34. The van der Waals surface area contributed by atoms with Crippen LogP contribution in [0.15, 0.2) is 35.1 Å². The van der Waals surface area contributed by atoms with Gasteiger partial charge in [-0.1, -0.05) is 29.3 Å². The van der Waals surface area contributed by atoms with Crippen LogP contribution in [-0.4, -0.2) is 32.4 Å². The van der Waals surface area contributed by atoms with Crippen molar-refractivity contribution in [2.24, 2.45) is 0 Å². The number of rotatable bonds is 5. The fourth-order valence-electron chi connectivity index (χ4n) is 2.39. The number of hydrogen-bond acceptors (Lipinski definition) is 5. The molecular formula is C16H15Cl2N5O3. The molecule has 2 heterocycles. The van der Waals surface area contributed by atoms with Gasteiger partial charge >= 0.3 is 5.69 Å². The molecule has 3 aromatic rings. The topological polar surface area (TPSA) is 90.5 Å². The molecule has 2 aromatic heterocycles.